The van der Waals surface area contributed by atoms with Gasteiger partial charge in [0.25, 0.3) is 0 Å². The van der Waals surface area contributed by atoms with E-state index in [4.69, 9.17) is 15.0 Å². The van der Waals surface area contributed by atoms with Crippen LogP contribution in [0.2, 0.25) is 0 Å². The molecule has 0 spiro atoms. The lowest BCUT2D eigenvalue weighted by molar-refractivity contribution is 1.07. The quantitative estimate of drug-likeness (QED) is 0.154. The molecule has 11 rings (SSSR count). The van der Waals surface area contributed by atoms with Gasteiger partial charge in [0.15, 0.2) is 17.5 Å². The van der Waals surface area contributed by atoms with Crippen molar-refractivity contribution < 1.29 is 0 Å². The van der Waals surface area contributed by atoms with Crippen molar-refractivity contribution in [2.24, 2.45) is 0 Å². The summed E-state index contributed by atoms with van der Waals surface area (Å²) in [5.41, 5.74) is 15.1. The van der Waals surface area contributed by atoms with Gasteiger partial charge in [0.1, 0.15) is 0 Å². The summed E-state index contributed by atoms with van der Waals surface area (Å²) < 4.78 is 2.45. The Bertz CT molecular complexity index is 3090. The molecular formula is C57H38N4. The van der Waals surface area contributed by atoms with Crippen LogP contribution >= 0.6 is 0 Å². The van der Waals surface area contributed by atoms with E-state index in [1.165, 1.54) is 21.9 Å². The van der Waals surface area contributed by atoms with Crippen molar-refractivity contribution in [2.45, 2.75) is 0 Å². The van der Waals surface area contributed by atoms with Gasteiger partial charge in [0, 0.05) is 38.6 Å². The van der Waals surface area contributed by atoms with Gasteiger partial charge in [0.05, 0.1) is 16.7 Å². The Balaban J connectivity index is 1.23. The lowest BCUT2D eigenvalue weighted by Gasteiger charge is -2.21. The minimum absolute atomic E-state index is 0.603. The average molecular weight is 779 g/mol. The molecule has 0 atom stereocenters. The van der Waals surface area contributed by atoms with Gasteiger partial charge < -0.3 is 4.57 Å². The molecular weight excluding hydrogens is 741 g/mol. The van der Waals surface area contributed by atoms with E-state index < -0.39 is 0 Å². The van der Waals surface area contributed by atoms with Gasteiger partial charge in [-0.1, -0.05) is 206 Å². The summed E-state index contributed by atoms with van der Waals surface area (Å²) in [4.78, 5) is 15.5. The molecule has 2 aromatic heterocycles. The molecule has 61 heavy (non-hydrogen) atoms. The van der Waals surface area contributed by atoms with Crippen LogP contribution in [0.4, 0.5) is 0 Å². The van der Waals surface area contributed by atoms with Gasteiger partial charge >= 0.3 is 0 Å². The van der Waals surface area contributed by atoms with Crippen LogP contribution in [-0.4, -0.2) is 19.5 Å². The average Bonchev–Trinajstić information content (AvgIpc) is 3.68. The summed E-state index contributed by atoms with van der Waals surface area (Å²) in [6.07, 6.45) is 0. The smallest absolute Gasteiger partial charge is 0.164 e. The van der Waals surface area contributed by atoms with Crippen molar-refractivity contribution >= 4 is 21.8 Å². The van der Waals surface area contributed by atoms with Gasteiger partial charge in [-0.3, -0.25) is 0 Å². The van der Waals surface area contributed by atoms with Crippen molar-refractivity contribution in [2.75, 3.05) is 0 Å². The maximum absolute atomic E-state index is 5.24. The first-order chi connectivity index (χ1) is 30.2. The summed E-state index contributed by atoms with van der Waals surface area (Å²) in [5, 5.41) is 2.41. The Morgan fingerprint density at radius 3 is 0.934 bits per heavy atom. The highest BCUT2D eigenvalue weighted by Gasteiger charge is 2.23. The second-order valence-electron chi connectivity index (χ2n) is 15.2. The highest BCUT2D eigenvalue weighted by molar-refractivity contribution is 6.11. The molecule has 4 heteroatoms. The fourth-order valence-electron chi connectivity index (χ4n) is 8.49. The van der Waals surface area contributed by atoms with Crippen LogP contribution < -0.4 is 0 Å². The number of para-hydroxylation sites is 2. The summed E-state index contributed by atoms with van der Waals surface area (Å²) in [6, 6.07) is 81.4. The molecule has 4 nitrogen and oxygen atoms in total. The van der Waals surface area contributed by atoms with Crippen LogP contribution in [0.5, 0.6) is 0 Å². The van der Waals surface area contributed by atoms with Gasteiger partial charge in [-0.05, 0) is 57.6 Å². The molecule has 0 saturated carbocycles. The number of hydrogen-bond acceptors (Lipinski definition) is 3. The summed E-state index contributed by atoms with van der Waals surface area (Å²) in [6.45, 7) is 0. The van der Waals surface area contributed by atoms with Crippen LogP contribution in [0, 0.1) is 0 Å². The van der Waals surface area contributed by atoms with Crippen molar-refractivity contribution in [3.63, 3.8) is 0 Å². The second-order valence-corrected chi connectivity index (χ2v) is 15.2. The molecule has 0 aliphatic rings. The zero-order chi connectivity index (χ0) is 40.5. The molecule has 0 radical (unpaired) electrons. The van der Waals surface area contributed by atoms with Crippen LogP contribution in [0.1, 0.15) is 0 Å². The lowest BCUT2D eigenvalue weighted by Crippen LogP contribution is -2.04. The molecule has 11 aromatic rings. The van der Waals surface area contributed by atoms with Gasteiger partial charge in [0.2, 0.25) is 0 Å². The Hall–Kier alpha value is -8.21. The number of aromatic nitrogens is 4. The third-order valence-electron chi connectivity index (χ3n) is 11.5. The largest absolute Gasteiger partial charge is 0.308 e. The van der Waals surface area contributed by atoms with Crippen molar-refractivity contribution in [1.29, 1.82) is 0 Å². The van der Waals surface area contributed by atoms with Crippen LogP contribution in [0.25, 0.3) is 106 Å². The van der Waals surface area contributed by atoms with Gasteiger partial charge in [-0.2, -0.15) is 0 Å². The maximum Gasteiger partial charge on any atom is 0.164 e. The van der Waals surface area contributed by atoms with Crippen molar-refractivity contribution in [3.8, 4) is 84.4 Å². The molecule has 286 valence electrons. The van der Waals surface area contributed by atoms with E-state index in [1.54, 1.807) is 0 Å². The Morgan fingerprint density at radius 1 is 0.246 bits per heavy atom. The fourth-order valence-corrected chi connectivity index (χ4v) is 8.49. The Kier molecular flexibility index (Phi) is 9.14. The molecule has 0 fully saturated rings. The topological polar surface area (TPSA) is 43.6 Å². The number of benzene rings is 9. The Morgan fingerprint density at radius 2 is 0.541 bits per heavy atom. The number of hydrogen-bond donors (Lipinski definition) is 0. The van der Waals surface area contributed by atoms with Crippen molar-refractivity contribution in [3.05, 3.63) is 231 Å². The summed E-state index contributed by atoms with van der Waals surface area (Å²) >= 11 is 0. The van der Waals surface area contributed by atoms with E-state index >= 15 is 0 Å². The highest BCUT2D eigenvalue weighted by Crippen LogP contribution is 2.44. The Labute approximate surface area is 354 Å². The van der Waals surface area contributed by atoms with Crippen LogP contribution in [-0.2, 0) is 0 Å². The summed E-state index contributed by atoms with van der Waals surface area (Å²) in [7, 11) is 0. The first kappa shape index (κ1) is 35.9. The number of fused-ring (bicyclic) bond motifs is 3. The fraction of sp³-hybridized carbons (Fsp3) is 0. The van der Waals surface area contributed by atoms with E-state index in [0.29, 0.717) is 17.5 Å². The zero-order valence-electron chi connectivity index (χ0n) is 33.2. The standard InChI is InChI=1S/C57H38N4/c1-5-17-39(18-6-1)41-29-33-43(34-30-41)50-37-47(57-59-55(45-21-9-3-10-22-45)58-56(60-57)46-23-11-4-12-24-46)38-51(44-35-31-42(32-36-44)40-19-7-2-8-20-40)54(50)61-52-27-15-13-25-48(52)49-26-14-16-28-53(49)61/h1-38H. The predicted molar refractivity (Wildman–Crippen MR) is 252 cm³/mol. The molecule has 0 aliphatic heterocycles. The lowest BCUT2D eigenvalue weighted by atomic mass is 9.91. The number of rotatable bonds is 8. The minimum atomic E-state index is 0.603. The molecule has 0 aliphatic carbocycles. The molecule has 0 unspecified atom stereocenters. The molecule has 0 N–H and O–H groups in total. The van der Waals surface area contributed by atoms with Crippen molar-refractivity contribution in [1.82, 2.24) is 19.5 Å². The van der Waals surface area contributed by atoms with E-state index in [-0.39, 0.29) is 0 Å². The molecule has 9 aromatic carbocycles. The normalized spacial score (nSPS) is 11.3. The van der Waals surface area contributed by atoms with Crippen LogP contribution in [0.15, 0.2) is 231 Å². The summed E-state index contributed by atoms with van der Waals surface area (Å²) in [5.74, 6) is 1.85. The molecule has 2 heterocycles. The number of nitrogens with zero attached hydrogens (tertiary/aromatic N) is 4. The van der Waals surface area contributed by atoms with Gasteiger partial charge in [-0.15, -0.1) is 0 Å². The van der Waals surface area contributed by atoms with E-state index in [2.05, 4.69) is 199 Å². The SMILES string of the molecule is c1ccc(-c2ccc(-c3cc(-c4nc(-c5ccccc5)nc(-c5ccccc5)n4)cc(-c4ccc(-c5ccccc5)cc4)c3-n3c4ccccc4c4ccccc43)cc2)cc1. The highest BCUT2D eigenvalue weighted by atomic mass is 15.0. The van der Waals surface area contributed by atoms with Gasteiger partial charge in [-0.25, -0.2) is 15.0 Å². The minimum Gasteiger partial charge on any atom is -0.308 e. The maximum atomic E-state index is 5.24. The van der Waals surface area contributed by atoms with Crippen LogP contribution in [0.3, 0.4) is 0 Å². The zero-order valence-corrected chi connectivity index (χ0v) is 33.2. The molecule has 0 bridgehead atoms. The third kappa shape index (κ3) is 6.76. The molecule has 0 amide bonds. The van der Waals surface area contributed by atoms with E-state index in [9.17, 15) is 0 Å². The third-order valence-corrected chi connectivity index (χ3v) is 11.5. The second kappa shape index (κ2) is 15.5. The van der Waals surface area contributed by atoms with E-state index in [0.717, 1.165) is 66.8 Å². The molecule has 0 saturated heterocycles. The predicted octanol–water partition coefficient (Wildman–Crippen LogP) is 14.6. The monoisotopic (exact) mass is 778 g/mol. The first-order valence-electron chi connectivity index (χ1n) is 20.6. The van der Waals surface area contributed by atoms with E-state index in [1.807, 2.05) is 36.4 Å². The first-order valence-corrected chi connectivity index (χ1v) is 20.6.